The second-order valence-corrected chi connectivity index (χ2v) is 8.14. The lowest BCUT2D eigenvalue weighted by atomic mass is 10.1. The van der Waals surface area contributed by atoms with Crippen molar-refractivity contribution < 1.29 is 17.2 Å². The van der Waals surface area contributed by atoms with Gasteiger partial charge in [0.25, 0.3) is 15.8 Å². The van der Waals surface area contributed by atoms with Gasteiger partial charge in [0.15, 0.2) is 0 Å². The number of halogens is 2. The molecule has 3 nitrogen and oxygen atoms in total. The fraction of sp³-hybridized carbons (Fsp3) is 0.0526. The van der Waals surface area contributed by atoms with E-state index in [0.717, 1.165) is 11.1 Å². The van der Waals surface area contributed by atoms with Gasteiger partial charge in [-0.25, -0.2) is 8.42 Å². The summed E-state index contributed by atoms with van der Waals surface area (Å²) in [6.45, 7) is 0. The Hall–Kier alpha value is -2.38. The van der Waals surface area contributed by atoms with Crippen LogP contribution >= 0.6 is 11.8 Å². The van der Waals surface area contributed by atoms with E-state index < -0.39 is 15.8 Å². The van der Waals surface area contributed by atoms with E-state index >= 15 is 0 Å². The largest absolute Gasteiger partial charge is 0.288 e. The first-order valence-corrected chi connectivity index (χ1v) is 10.0. The Morgan fingerprint density at radius 3 is 1.92 bits per heavy atom. The first-order valence-electron chi connectivity index (χ1n) is 7.67. The summed E-state index contributed by atoms with van der Waals surface area (Å²) >= 11 is 0.410. The minimum Gasteiger partial charge on any atom is -0.280 e. The number of sulfonamides is 1. The van der Waals surface area contributed by atoms with Crippen LogP contribution in [0.1, 0.15) is 0 Å². The van der Waals surface area contributed by atoms with Crippen LogP contribution in [-0.4, -0.2) is 14.2 Å². The second kappa shape index (κ2) is 7.88. The van der Waals surface area contributed by atoms with Crippen molar-refractivity contribution >= 4 is 27.5 Å². The highest BCUT2D eigenvalue weighted by Crippen LogP contribution is 2.27. The molecule has 3 aromatic rings. The summed E-state index contributed by atoms with van der Waals surface area (Å²) in [5.41, 5.74) is 2.23. The SMILES string of the molecule is O=S(=O)(Nc1ccc(SC(F)F)cc1)c1ccc(-c2ccccc2)cc1. The van der Waals surface area contributed by atoms with Gasteiger partial charge in [-0.05, 0) is 47.5 Å². The molecule has 0 aliphatic rings. The number of thioether (sulfide) groups is 1. The fourth-order valence-electron chi connectivity index (χ4n) is 2.38. The summed E-state index contributed by atoms with van der Waals surface area (Å²) in [4.78, 5) is 0.498. The van der Waals surface area contributed by atoms with E-state index in [1.165, 1.54) is 36.4 Å². The van der Waals surface area contributed by atoms with Crippen LogP contribution in [0.15, 0.2) is 88.7 Å². The van der Waals surface area contributed by atoms with Crippen LogP contribution in [0.3, 0.4) is 0 Å². The van der Waals surface area contributed by atoms with Gasteiger partial charge in [0, 0.05) is 10.6 Å². The quantitative estimate of drug-likeness (QED) is 0.567. The minimum absolute atomic E-state index is 0.128. The molecule has 0 spiro atoms. The number of hydrogen-bond acceptors (Lipinski definition) is 3. The molecule has 0 fully saturated rings. The van der Waals surface area contributed by atoms with E-state index in [9.17, 15) is 17.2 Å². The average Bonchev–Trinajstić information content (AvgIpc) is 2.64. The number of rotatable bonds is 6. The van der Waals surface area contributed by atoms with E-state index in [4.69, 9.17) is 0 Å². The molecule has 0 bridgehead atoms. The normalized spacial score (nSPS) is 11.5. The third kappa shape index (κ3) is 4.62. The molecule has 0 amide bonds. The van der Waals surface area contributed by atoms with E-state index in [2.05, 4.69) is 4.72 Å². The maximum absolute atomic E-state index is 12.5. The monoisotopic (exact) mass is 391 g/mol. The molecule has 0 radical (unpaired) electrons. The summed E-state index contributed by atoms with van der Waals surface area (Å²) in [6, 6.07) is 22.0. The molecule has 134 valence electrons. The summed E-state index contributed by atoms with van der Waals surface area (Å²) in [5.74, 6) is -2.51. The van der Waals surface area contributed by atoms with E-state index in [-0.39, 0.29) is 4.90 Å². The van der Waals surface area contributed by atoms with Gasteiger partial charge in [0.05, 0.1) is 4.90 Å². The van der Waals surface area contributed by atoms with Gasteiger partial charge in [-0.1, -0.05) is 54.2 Å². The Bertz CT molecular complexity index is 959. The van der Waals surface area contributed by atoms with Gasteiger partial charge in [-0.2, -0.15) is 8.78 Å². The van der Waals surface area contributed by atoms with Gasteiger partial charge < -0.3 is 0 Å². The summed E-state index contributed by atoms with van der Waals surface area (Å²) in [5, 5.41) is 0. The predicted molar refractivity (Wildman–Crippen MR) is 101 cm³/mol. The molecule has 1 N–H and O–H groups in total. The van der Waals surface area contributed by atoms with Crippen molar-refractivity contribution in [1.29, 1.82) is 0 Å². The molecule has 3 aromatic carbocycles. The van der Waals surface area contributed by atoms with Crippen molar-refractivity contribution in [3.05, 3.63) is 78.9 Å². The van der Waals surface area contributed by atoms with Gasteiger partial charge in [0.2, 0.25) is 0 Å². The van der Waals surface area contributed by atoms with E-state index in [1.807, 2.05) is 30.3 Å². The second-order valence-electron chi connectivity index (χ2n) is 5.40. The molecular weight excluding hydrogens is 376 g/mol. The molecule has 0 unspecified atom stereocenters. The Kier molecular flexibility index (Phi) is 5.58. The number of benzene rings is 3. The fourth-order valence-corrected chi connectivity index (χ4v) is 3.93. The molecule has 0 saturated heterocycles. The summed E-state index contributed by atoms with van der Waals surface area (Å²) in [6.07, 6.45) is 0. The zero-order chi connectivity index (χ0) is 18.6. The highest BCUT2D eigenvalue weighted by Gasteiger charge is 2.14. The molecule has 7 heteroatoms. The van der Waals surface area contributed by atoms with E-state index in [1.54, 1.807) is 12.1 Å². The molecule has 0 atom stereocenters. The van der Waals surface area contributed by atoms with Crippen LogP contribution in [0, 0.1) is 0 Å². The number of nitrogens with one attached hydrogen (secondary N) is 1. The van der Waals surface area contributed by atoms with Crippen molar-refractivity contribution in [2.45, 2.75) is 15.5 Å². The third-order valence-electron chi connectivity index (χ3n) is 3.60. The standard InChI is InChI=1S/C19H15F2NO2S2/c20-19(21)25-17-10-8-16(9-11-17)22-26(23,24)18-12-6-15(7-13-18)14-4-2-1-3-5-14/h1-13,19,22H. The highest BCUT2D eigenvalue weighted by atomic mass is 32.2. The van der Waals surface area contributed by atoms with Crippen LogP contribution < -0.4 is 4.72 Å². The maximum atomic E-state index is 12.5. The van der Waals surface area contributed by atoms with E-state index in [0.29, 0.717) is 22.3 Å². The van der Waals surface area contributed by atoms with Gasteiger partial charge in [-0.3, -0.25) is 4.72 Å². The van der Waals surface area contributed by atoms with Crippen LogP contribution in [0.4, 0.5) is 14.5 Å². The molecule has 0 heterocycles. The molecule has 3 rings (SSSR count). The number of anilines is 1. The van der Waals surface area contributed by atoms with Crippen LogP contribution in [-0.2, 0) is 10.0 Å². The molecule has 0 saturated carbocycles. The lowest BCUT2D eigenvalue weighted by molar-refractivity contribution is 0.252. The molecule has 0 aliphatic carbocycles. The maximum Gasteiger partial charge on any atom is 0.288 e. The lowest BCUT2D eigenvalue weighted by Crippen LogP contribution is -2.12. The molecular formula is C19H15F2NO2S2. The number of hydrogen-bond donors (Lipinski definition) is 1. The van der Waals surface area contributed by atoms with Crippen LogP contribution in [0.5, 0.6) is 0 Å². The topological polar surface area (TPSA) is 46.2 Å². The highest BCUT2D eigenvalue weighted by molar-refractivity contribution is 7.99. The summed E-state index contributed by atoms with van der Waals surface area (Å²) in [7, 11) is -3.75. The lowest BCUT2D eigenvalue weighted by Gasteiger charge is -2.10. The number of alkyl halides is 2. The zero-order valence-corrected chi connectivity index (χ0v) is 15.1. The first-order chi connectivity index (χ1) is 12.4. The minimum atomic E-state index is -3.75. The van der Waals surface area contributed by atoms with Crippen molar-refractivity contribution in [2.75, 3.05) is 4.72 Å². The Morgan fingerprint density at radius 2 is 1.35 bits per heavy atom. The smallest absolute Gasteiger partial charge is 0.280 e. The van der Waals surface area contributed by atoms with Crippen molar-refractivity contribution in [2.24, 2.45) is 0 Å². The average molecular weight is 391 g/mol. The van der Waals surface area contributed by atoms with Gasteiger partial charge >= 0.3 is 0 Å². The Balaban J connectivity index is 1.75. The predicted octanol–water partition coefficient (Wildman–Crippen LogP) is 5.47. The molecule has 26 heavy (non-hydrogen) atoms. The van der Waals surface area contributed by atoms with Crippen LogP contribution in [0.2, 0.25) is 0 Å². The summed E-state index contributed by atoms with van der Waals surface area (Å²) < 4.78 is 52.0. The van der Waals surface area contributed by atoms with Gasteiger partial charge in [0.1, 0.15) is 0 Å². The Morgan fingerprint density at radius 1 is 0.769 bits per heavy atom. The first kappa shape index (κ1) is 18.4. The van der Waals surface area contributed by atoms with Crippen LogP contribution in [0.25, 0.3) is 11.1 Å². The van der Waals surface area contributed by atoms with Crippen molar-refractivity contribution in [3.8, 4) is 11.1 Å². The molecule has 0 aliphatic heterocycles. The molecule has 0 aromatic heterocycles. The van der Waals surface area contributed by atoms with Crippen molar-refractivity contribution in [3.63, 3.8) is 0 Å². The van der Waals surface area contributed by atoms with Gasteiger partial charge in [-0.15, -0.1) is 0 Å². The Labute approximate surface area is 155 Å². The third-order valence-corrected chi connectivity index (χ3v) is 5.72. The zero-order valence-electron chi connectivity index (χ0n) is 13.5. The van der Waals surface area contributed by atoms with Crippen molar-refractivity contribution in [1.82, 2.24) is 0 Å².